The number of phosphoric acid groups is 2. The Kier molecular flexibility index (Phi) is 10.0. The molecule has 1 amide bonds. The molecule has 0 saturated carbocycles. The van der Waals surface area contributed by atoms with Crippen LogP contribution < -0.4 is 16.6 Å². The van der Waals surface area contributed by atoms with Crippen LogP contribution in [0.15, 0.2) is 21.9 Å². The minimum absolute atomic E-state index is 0.417. The van der Waals surface area contributed by atoms with E-state index in [9.17, 15) is 58.8 Å². The highest BCUT2D eigenvalue weighted by Crippen LogP contribution is 2.61. The number of ether oxygens (including phenoxy) is 2. The van der Waals surface area contributed by atoms with Gasteiger partial charge in [0.05, 0.1) is 6.61 Å². The standard InChI is InChI=1S/C17H27N3O17P2/c1-6(21)18-4-7-10(23)12(25)14(27)16(35-7)36-39(31,32)37-38(29,30)33-5-8-11(24)13(26)15(34-8)20-3-2-9(22)19-17(20)28/h2-3,7-8,10-16,23-27H,4-5H2,1H3,(H,18,21)(H,29,30)(H,31,32)(H,19,22,28)/t7-,8-,10-,11-,12+,13-,14-,15-,16-/m1/s1. The molecule has 2 aliphatic heterocycles. The Morgan fingerprint density at radius 2 is 1.64 bits per heavy atom. The third-order valence-electron chi connectivity index (χ3n) is 5.53. The third-order valence-corrected chi connectivity index (χ3v) is 8.13. The molecule has 39 heavy (non-hydrogen) atoms. The minimum Gasteiger partial charge on any atom is -0.388 e. The fourth-order valence-corrected chi connectivity index (χ4v) is 5.77. The first-order valence-electron chi connectivity index (χ1n) is 11.0. The van der Waals surface area contributed by atoms with E-state index in [-0.39, 0.29) is 0 Å². The predicted molar refractivity (Wildman–Crippen MR) is 120 cm³/mol. The molecule has 0 aromatic carbocycles. The fourth-order valence-electron chi connectivity index (χ4n) is 3.61. The molecule has 1 aromatic rings. The molecule has 11 atom stereocenters. The maximum absolute atomic E-state index is 12.3. The van der Waals surface area contributed by atoms with Gasteiger partial charge >= 0.3 is 21.3 Å². The number of aliphatic hydroxyl groups excluding tert-OH is 5. The molecule has 3 heterocycles. The van der Waals surface area contributed by atoms with Gasteiger partial charge in [0.2, 0.25) is 5.91 Å². The van der Waals surface area contributed by atoms with E-state index in [2.05, 4.69) is 18.7 Å². The van der Waals surface area contributed by atoms with Crippen molar-refractivity contribution in [2.45, 2.75) is 62.2 Å². The molecule has 1 aromatic heterocycles. The lowest BCUT2D eigenvalue weighted by Gasteiger charge is -2.40. The molecule has 3 rings (SSSR count). The molecule has 0 bridgehead atoms. The lowest BCUT2D eigenvalue weighted by molar-refractivity contribution is -0.273. The van der Waals surface area contributed by atoms with Gasteiger partial charge in [-0.2, -0.15) is 4.31 Å². The van der Waals surface area contributed by atoms with Gasteiger partial charge in [-0.25, -0.2) is 13.9 Å². The van der Waals surface area contributed by atoms with Crippen molar-refractivity contribution in [1.82, 2.24) is 14.9 Å². The normalized spacial score (nSPS) is 36.2. The summed E-state index contributed by atoms with van der Waals surface area (Å²) in [6.07, 6.45) is -15.3. The Morgan fingerprint density at radius 3 is 2.26 bits per heavy atom. The Bertz CT molecular complexity index is 1240. The zero-order valence-electron chi connectivity index (χ0n) is 19.8. The molecule has 2 aliphatic rings. The topological polar surface area (TPSA) is 306 Å². The van der Waals surface area contributed by atoms with Crippen LogP contribution in [0, 0.1) is 0 Å². The SMILES string of the molecule is CC(=O)NC[C@H]1O[C@H](OP(=O)(O)OP(=O)(O)OC[C@H]2O[C@@H](n3ccc(=O)[nH]c3=O)[C@H](O)[C@@H]2O)[C@H](O)[C@@H](O)[C@@H]1O. The first kappa shape index (κ1) is 31.7. The number of aromatic amines is 1. The zero-order chi connectivity index (χ0) is 29.3. The average molecular weight is 607 g/mol. The van der Waals surface area contributed by atoms with Crippen molar-refractivity contribution >= 4 is 21.6 Å². The second-order valence-electron chi connectivity index (χ2n) is 8.44. The van der Waals surface area contributed by atoms with Gasteiger partial charge in [-0.3, -0.25) is 28.2 Å². The van der Waals surface area contributed by atoms with Crippen molar-refractivity contribution < 1.29 is 72.1 Å². The van der Waals surface area contributed by atoms with Gasteiger partial charge in [-0.15, -0.1) is 0 Å². The van der Waals surface area contributed by atoms with Gasteiger partial charge in [0.1, 0.15) is 42.7 Å². The van der Waals surface area contributed by atoms with Crippen LogP contribution in [0.5, 0.6) is 0 Å². The monoisotopic (exact) mass is 607 g/mol. The van der Waals surface area contributed by atoms with Crippen LogP contribution >= 0.6 is 15.6 Å². The Balaban J connectivity index is 1.61. The van der Waals surface area contributed by atoms with Gasteiger partial charge in [-0.05, 0) is 0 Å². The zero-order valence-corrected chi connectivity index (χ0v) is 21.6. The molecule has 2 fully saturated rings. The summed E-state index contributed by atoms with van der Waals surface area (Å²) in [6, 6.07) is 0.928. The van der Waals surface area contributed by atoms with Crippen molar-refractivity contribution in [3.8, 4) is 0 Å². The number of hydrogen-bond acceptors (Lipinski definition) is 15. The van der Waals surface area contributed by atoms with Crippen LogP contribution in [0.2, 0.25) is 0 Å². The molecule has 0 aliphatic carbocycles. The average Bonchev–Trinajstić information content (AvgIpc) is 3.10. The Labute approximate surface area is 217 Å². The molecule has 0 radical (unpaired) electrons. The van der Waals surface area contributed by atoms with Crippen LogP contribution in [-0.2, 0) is 36.8 Å². The summed E-state index contributed by atoms with van der Waals surface area (Å²) in [5, 5.41) is 52.5. The number of phosphoric ester groups is 2. The van der Waals surface area contributed by atoms with Gasteiger partial charge in [0.15, 0.2) is 12.5 Å². The summed E-state index contributed by atoms with van der Waals surface area (Å²) in [6.45, 7) is -0.323. The lowest BCUT2D eigenvalue weighted by atomic mass is 9.99. The number of nitrogens with zero attached hydrogens (tertiary/aromatic N) is 1. The summed E-state index contributed by atoms with van der Waals surface area (Å²) in [4.78, 5) is 55.9. The van der Waals surface area contributed by atoms with Crippen LogP contribution in [0.25, 0.3) is 0 Å². The summed E-state index contributed by atoms with van der Waals surface area (Å²) < 4.78 is 48.8. The number of H-pyrrole nitrogens is 1. The number of carbonyl (C=O) groups excluding carboxylic acids is 1. The van der Waals surface area contributed by atoms with E-state index >= 15 is 0 Å². The maximum Gasteiger partial charge on any atom is 0.483 e. The van der Waals surface area contributed by atoms with E-state index in [1.165, 1.54) is 0 Å². The number of aliphatic hydroxyl groups is 5. The van der Waals surface area contributed by atoms with Crippen molar-refractivity contribution in [1.29, 1.82) is 0 Å². The van der Waals surface area contributed by atoms with E-state index in [1.807, 2.05) is 4.98 Å². The summed E-state index contributed by atoms with van der Waals surface area (Å²) in [5.74, 6) is -0.556. The van der Waals surface area contributed by atoms with E-state index in [1.54, 1.807) is 0 Å². The fraction of sp³-hybridized carbons (Fsp3) is 0.706. The first-order chi connectivity index (χ1) is 18.0. The molecule has 2 saturated heterocycles. The Hall–Kier alpha value is -1.87. The summed E-state index contributed by atoms with van der Waals surface area (Å²) >= 11 is 0. The largest absolute Gasteiger partial charge is 0.483 e. The summed E-state index contributed by atoms with van der Waals surface area (Å²) in [5.41, 5.74) is -1.75. The van der Waals surface area contributed by atoms with Gasteiger partial charge in [-0.1, -0.05) is 0 Å². The molecule has 9 N–H and O–H groups in total. The van der Waals surface area contributed by atoms with E-state index in [4.69, 9.17) is 9.47 Å². The molecule has 20 nitrogen and oxygen atoms in total. The maximum atomic E-state index is 12.3. The van der Waals surface area contributed by atoms with Crippen LogP contribution in [0.1, 0.15) is 13.2 Å². The van der Waals surface area contributed by atoms with Crippen molar-refractivity contribution in [3.05, 3.63) is 33.1 Å². The van der Waals surface area contributed by atoms with E-state index in [0.717, 1.165) is 23.8 Å². The number of amides is 1. The highest BCUT2D eigenvalue weighted by Gasteiger charge is 2.49. The second kappa shape index (κ2) is 12.3. The first-order valence-corrected chi connectivity index (χ1v) is 14.0. The smallest absolute Gasteiger partial charge is 0.388 e. The predicted octanol–water partition coefficient (Wildman–Crippen LogP) is -4.65. The molecule has 22 heteroatoms. The van der Waals surface area contributed by atoms with Gasteiger partial charge in [0.25, 0.3) is 5.56 Å². The van der Waals surface area contributed by atoms with Crippen molar-refractivity contribution in [2.75, 3.05) is 13.2 Å². The highest BCUT2D eigenvalue weighted by molar-refractivity contribution is 7.61. The summed E-state index contributed by atoms with van der Waals surface area (Å²) in [7, 11) is -11.1. The number of rotatable bonds is 10. The van der Waals surface area contributed by atoms with Crippen molar-refractivity contribution in [3.63, 3.8) is 0 Å². The molecule has 222 valence electrons. The lowest BCUT2D eigenvalue weighted by Crippen LogP contribution is -2.60. The molecule has 0 spiro atoms. The quantitative estimate of drug-likeness (QED) is 0.113. The number of nitrogens with one attached hydrogen (secondary N) is 2. The third kappa shape index (κ3) is 7.87. The van der Waals surface area contributed by atoms with Crippen LogP contribution in [0.3, 0.4) is 0 Å². The molecule has 2 unspecified atom stereocenters. The minimum atomic E-state index is -5.63. The number of aromatic nitrogens is 2. The number of hydrogen-bond donors (Lipinski definition) is 9. The number of carbonyl (C=O) groups is 1. The highest BCUT2D eigenvalue weighted by atomic mass is 31.3. The van der Waals surface area contributed by atoms with Crippen molar-refractivity contribution in [2.24, 2.45) is 0 Å². The molecular formula is C17H27N3O17P2. The molecular weight excluding hydrogens is 580 g/mol. The van der Waals surface area contributed by atoms with E-state index in [0.29, 0.717) is 0 Å². The second-order valence-corrected chi connectivity index (χ2v) is 11.4. The van der Waals surface area contributed by atoms with Gasteiger partial charge in [0, 0.05) is 25.7 Å². The van der Waals surface area contributed by atoms with Crippen LogP contribution in [-0.4, -0.2) is 113 Å². The van der Waals surface area contributed by atoms with Gasteiger partial charge < -0.3 is 50.1 Å². The van der Waals surface area contributed by atoms with Crippen LogP contribution in [0.4, 0.5) is 0 Å². The van der Waals surface area contributed by atoms with E-state index < -0.39 is 101 Å². The Morgan fingerprint density at radius 1 is 1.00 bits per heavy atom.